The molecule has 0 unspecified atom stereocenters. The summed E-state index contributed by atoms with van der Waals surface area (Å²) in [5.74, 6) is -0.214. The molecule has 1 aromatic carbocycles. The van der Waals surface area contributed by atoms with Crippen molar-refractivity contribution in [2.75, 3.05) is 18.1 Å². The highest BCUT2D eigenvalue weighted by Crippen LogP contribution is 2.31. The van der Waals surface area contributed by atoms with Gasteiger partial charge in [0.2, 0.25) is 11.8 Å². The van der Waals surface area contributed by atoms with Crippen molar-refractivity contribution in [3.05, 3.63) is 46.7 Å². The minimum absolute atomic E-state index is 0.0203. The lowest BCUT2D eigenvalue weighted by atomic mass is 10.1. The third-order valence-electron chi connectivity index (χ3n) is 4.87. The molecule has 1 fully saturated rings. The zero-order chi connectivity index (χ0) is 20.2. The predicted octanol–water partition coefficient (Wildman–Crippen LogP) is 4.14. The molecule has 152 valence electrons. The predicted molar refractivity (Wildman–Crippen MR) is 116 cm³/mol. The summed E-state index contributed by atoms with van der Waals surface area (Å²) in [4.78, 5) is 32.5. The number of nitrogens with one attached hydrogen (secondary N) is 1. The molecule has 2 amide bonds. The van der Waals surface area contributed by atoms with Crippen LogP contribution in [-0.2, 0) is 14.3 Å². The number of nitrogens with zero attached hydrogens (tertiary/aromatic N) is 2. The lowest BCUT2D eigenvalue weighted by Crippen LogP contribution is -2.40. The number of thiazole rings is 1. The summed E-state index contributed by atoms with van der Waals surface area (Å²) in [6.45, 7) is 2.69. The maximum absolute atomic E-state index is 13.4. The van der Waals surface area contributed by atoms with Gasteiger partial charge in [0.15, 0.2) is 5.13 Å². The first-order valence-corrected chi connectivity index (χ1v) is 11.4. The molecule has 3 heterocycles. The number of para-hydroxylation sites is 1. The molecule has 1 N–H and O–H groups in total. The van der Waals surface area contributed by atoms with E-state index < -0.39 is 0 Å². The van der Waals surface area contributed by atoms with Gasteiger partial charge in [0.05, 0.1) is 35.3 Å². The van der Waals surface area contributed by atoms with Crippen LogP contribution in [0.4, 0.5) is 5.13 Å². The number of ether oxygens (including phenoxy) is 1. The van der Waals surface area contributed by atoms with E-state index in [-0.39, 0.29) is 30.4 Å². The van der Waals surface area contributed by atoms with E-state index in [0.29, 0.717) is 11.7 Å². The van der Waals surface area contributed by atoms with Crippen LogP contribution < -0.4 is 10.2 Å². The second kappa shape index (κ2) is 9.02. The van der Waals surface area contributed by atoms with Crippen molar-refractivity contribution in [1.82, 2.24) is 10.3 Å². The zero-order valence-corrected chi connectivity index (χ0v) is 17.8. The van der Waals surface area contributed by atoms with Crippen LogP contribution in [0.2, 0.25) is 0 Å². The van der Waals surface area contributed by atoms with Crippen LogP contribution in [0.15, 0.2) is 41.8 Å². The lowest BCUT2D eigenvalue weighted by Gasteiger charge is -2.25. The Morgan fingerprint density at radius 2 is 2.17 bits per heavy atom. The molecule has 0 spiro atoms. The van der Waals surface area contributed by atoms with Gasteiger partial charge in [-0.05, 0) is 36.4 Å². The highest BCUT2D eigenvalue weighted by Gasteiger charge is 2.28. The topological polar surface area (TPSA) is 71.5 Å². The Bertz CT molecular complexity index is 947. The molecule has 0 bridgehead atoms. The van der Waals surface area contributed by atoms with Crippen LogP contribution in [0.25, 0.3) is 10.2 Å². The van der Waals surface area contributed by atoms with Crippen molar-refractivity contribution in [1.29, 1.82) is 0 Å². The molecule has 2 aromatic heterocycles. The number of benzene rings is 1. The number of hydrogen-bond donors (Lipinski definition) is 1. The largest absolute Gasteiger partial charge is 0.376 e. The number of anilines is 1. The van der Waals surface area contributed by atoms with Gasteiger partial charge >= 0.3 is 0 Å². The quantitative estimate of drug-likeness (QED) is 0.613. The van der Waals surface area contributed by atoms with Crippen LogP contribution >= 0.6 is 22.7 Å². The van der Waals surface area contributed by atoms with Gasteiger partial charge < -0.3 is 10.1 Å². The maximum Gasteiger partial charge on any atom is 0.231 e. The van der Waals surface area contributed by atoms with Crippen LogP contribution in [0.5, 0.6) is 0 Å². The van der Waals surface area contributed by atoms with Crippen molar-refractivity contribution in [2.45, 2.75) is 38.3 Å². The molecule has 4 rings (SSSR count). The fourth-order valence-electron chi connectivity index (χ4n) is 3.50. The smallest absolute Gasteiger partial charge is 0.231 e. The van der Waals surface area contributed by atoms with Crippen molar-refractivity contribution < 1.29 is 14.3 Å². The first kappa shape index (κ1) is 20.0. The van der Waals surface area contributed by atoms with Gasteiger partial charge in [0.25, 0.3) is 0 Å². The molecule has 6 nitrogen and oxygen atoms in total. The van der Waals surface area contributed by atoms with Gasteiger partial charge in [0.1, 0.15) is 0 Å². The molecule has 8 heteroatoms. The second-order valence-corrected chi connectivity index (χ2v) is 9.06. The minimum Gasteiger partial charge on any atom is -0.376 e. The van der Waals surface area contributed by atoms with Gasteiger partial charge in [-0.25, -0.2) is 4.98 Å². The molecular weight excluding hydrogens is 406 g/mol. The number of hydrogen-bond acceptors (Lipinski definition) is 6. The van der Waals surface area contributed by atoms with Gasteiger partial charge in [-0.15, -0.1) is 11.3 Å². The maximum atomic E-state index is 13.4. The van der Waals surface area contributed by atoms with Crippen LogP contribution in [0, 0.1) is 0 Å². The Morgan fingerprint density at radius 1 is 1.31 bits per heavy atom. The first-order valence-electron chi connectivity index (χ1n) is 9.68. The lowest BCUT2D eigenvalue weighted by molar-refractivity contribution is -0.121. The highest BCUT2D eigenvalue weighted by atomic mass is 32.1. The SMILES string of the molecule is CC(=O)N[C@@H](CC(=O)N(C[C@@H]1CCCO1)c1nc2ccccc2s1)c1cccs1. The van der Waals surface area contributed by atoms with Crippen molar-refractivity contribution in [3.8, 4) is 0 Å². The molecule has 1 saturated heterocycles. The summed E-state index contributed by atoms with van der Waals surface area (Å²) < 4.78 is 6.83. The fraction of sp³-hybridized carbons (Fsp3) is 0.381. The molecule has 1 aliphatic rings. The molecule has 0 aliphatic carbocycles. The van der Waals surface area contributed by atoms with E-state index >= 15 is 0 Å². The number of carbonyl (C=O) groups excluding carboxylic acids is 2. The van der Waals surface area contributed by atoms with Gasteiger partial charge in [0, 0.05) is 18.4 Å². The summed E-state index contributed by atoms with van der Waals surface area (Å²) in [5, 5.41) is 5.55. The van der Waals surface area contributed by atoms with E-state index in [4.69, 9.17) is 9.72 Å². The minimum atomic E-state index is -0.346. The van der Waals surface area contributed by atoms with E-state index in [0.717, 1.165) is 34.5 Å². The van der Waals surface area contributed by atoms with Gasteiger partial charge in [-0.2, -0.15) is 0 Å². The molecule has 3 aromatic rings. The standard InChI is InChI=1S/C21H23N3O3S2/c1-14(25)22-17(18-9-5-11-28-18)12-20(26)24(13-15-6-4-10-27-15)21-23-16-7-2-3-8-19(16)29-21/h2-3,5,7-9,11,15,17H,4,6,10,12-13H2,1H3,(H,22,25)/t15-,17-/m0/s1. The summed E-state index contributed by atoms with van der Waals surface area (Å²) in [7, 11) is 0. The Balaban J connectivity index is 1.60. The van der Waals surface area contributed by atoms with Crippen molar-refractivity contribution in [3.63, 3.8) is 0 Å². The van der Waals surface area contributed by atoms with E-state index in [1.807, 2.05) is 41.8 Å². The number of aromatic nitrogens is 1. The number of fused-ring (bicyclic) bond motifs is 1. The van der Waals surface area contributed by atoms with E-state index in [1.54, 1.807) is 4.90 Å². The normalized spacial score (nSPS) is 17.3. The Labute approximate surface area is 177 Å². The summed E-state index contributed by atoms with van der Waals surface area (Å²) >= 11 is 3.05. The zero-order valence-electron chi connectivity index (χ0n) is 16.2. The first-order chi connectivity index (χ1) is 14.1. The molecule has 1 aliphatic heterocycles. The summed E-state index contributed by atoms with van der Waals surface area (Å²) in [6.07, 6.45) is 2.15. The van der Waals surface area contributed by atoms with Crippen molar-refractivity contribution >= 4 is 49.8 Å². The third kappa shape index (κ3) is 4.83. The van der Waals surface area contributed by atoms with Gasteiger partial charge in [-0.3, -0.25) is 14.5 Å². The van der Waals surface area contributed by atoms with Crippen LogP contribution in [0.1, 0.15) is 37.1 Å². The highest BCUT2D eigenvalue weighted by molar-refractivity contribution is 7.22. The average Bonchev–Trinajstić information content (AvgIpc) is 3.46. The average molecular weight is 430 g/mol. The Hall–Kier alpha value is -2.29. The van der Waals surface area contributed by atoms with E-state index in [1.165, 1.54) is 29.6 Å². The number of thiophene rings is 1. The molecule has 2 atom stereocenters. The Morgan fingerprint density at radius 3 is 2.86 bits per heavy atom. The van der Waals surface area contributed by atoms with E-state index in [2.05, 4.69) is 5.32 Å². The molecular formula is C21H23N3O3S2. The fourth-order valence-corrected chi connectivity index (χ4v) is 5.27. The molecule has 0 radical (unpaired) electrons. The third-order valence-corrected chi connectivity index (χ3v) is 6.91. The summed E-state index contributed by atoms with van der Waals surface area (Å²) in [5.41, 5.74) is 0.884. The number of carbonyl (C=O) groups is 2. The van der Waals surface area contributed by atoms with Crippen LogP contribution in [-0.4, -0.2) is 36.1 Å². The van der Waals surface area contributed by atoms with Gasteiger partial charge in [-0.1, -0.05) is 29.5 Å². The Kier molecular flexibility index (Phi) is 6.22. The number of amides is 2. The number of rotatable bonds is 7. The molecule has 29 heavy (non-hydrogen) atoms. The molecule has 0 saturated carbocycles. The monoisotopic (exact) mass is 429 g/mol. The second-order valence-electron chi connectivity index (χ2n) is 7.08. The summed E-state index contributed by atoms with van der Waals surface area (Å²) in [6, 6.07) is 11.4. The van der Waals surface area contributed by atoms with Crippen LogP contribution in [0.3, 0.4) is 0 Å². The van der Waals surface area contributed by atoms with E-state index in [9.17, 15) is 9.59 Å². The van der Waals surface area contributed by atoms with Crippen molar-refractivity contribution in [2.24, 2.45) is 0 Å².